The van der Waals surface area contributed by atoms with Gasteiger partial charge < -0.3 is 15.4 Å². The van der Waals surface area contributed by atoms with Crippen LogP contribution < -0.4 is 5.32 Å². The van der Waals surface area contributed by atoms with Crippen molar-refractivity contribution in [3.8, 4) is 0 Å². The van der Waals surface area contributed by atoms with Crippen LogP contribution in [0.15, 0.2) is 41.4 Å². The van der Waals surface area contributed by atoms with Crippen molar-refractivity contribution in [2.45, 2.75) is 17.2 Å². The minimum atomic E-state index is -4.26. The van der Waals surface area contributed by atoms with Crippen LogP contribution in [0.5, 0.6) is 0 Å². The number of rotatable bonds is 4. The zero-order valence-electron chi connectivity index (χ0n) is 15.6. The summed E-state index contributed by atoms with van der Waals surface area (Å²) >= 11 is 0. The van der Waals surface area contributed by atoms with Gasteiger partial charge in [-0.3, -0.25) is 4.79 Å². The third kappa shape index (κ3) is 3.77. The van der Waals surface area contributed by atoms with Gasteiger partial charge in [-0.2, -0.15) is 4.31 Å². The van der Waals surface area contributed by atoms with E-state index in [9.17, 15) is 35.9 Å². The minimum Gasteiger partial charge on any atom is -0.389 e. The number of aromatic amines is 1. The van der Waals surface area contributed by atoms with E-state index in [0.29, 0.717) is 17.5 Å². The van der Waals surface area contributed by atoms with Crippen molar-refractivity contribution >= 4 is 32.5 Å². The summed E-state index contributed by atoms with van der Waals surface area (Å²) in [5, 5.41) is 12.1. The largest absolute Gasteiger partial charge is 0.389 e. The van der Waals surface area contributed by atoms with Crippen LogP contribution in [0.3, 0.4) is 0 Å². The Balaban J connectivity index is 1.73. The normalized spacial score (nSPS) is 19.8. The molecule has 1 aliphatic heterocycles. The summed E-state index contributed by atoms with van der Waals surface area (Å²) in [5.41, 5.74) is -0.264. The van der Waals surface area contributed by atoms with Gasteiger partial charge >= 0.3 is 0 Å². The number of sulfonamides is 1. The second-order valence-electron chi connectivity index (χ2n) is 7.02. The zero-order chi connectivity index (χ0) is 22.5. The lowest BCUT2D eigenvalue weighted by Crippen LogP contribution is -2.30. The lowest BCUT2D eigenvalue weighted by Gasteiger charge is -2.16. The van der Waals surface area contributed by atoms with Gasteiger partial charge in [-0.25, -0.2) is 26.0 Å². The molecule has 2 aromatic carbocycles. The SMILES string of the molecule is O=C(Nc1cc(F)c(F)c(F)c1)c1cc(S(=O)(=O)N2CC(O)C(F)C2)cc2[nH]ccc12. The number of carbonyl (C=O) groups excluding carboxylic acids is 1. The Kier molecular flexibility index (Phi) is 5.23. The molecule has 1 aliphatic rings. The quantitative estimate of drug-likeness (QED) is 0.414. The monoisotopic (exact) mass is 457 g/mol. The minimum absolute atomic E-state index is 0.154. The first kappa shape index (κ1) is 21.3. The van der Waals surface area contributed by atoms with Crippen LogP contribution in [0.2, 0.25) is 0 Å². The number of nitrogens with zero attached hydrogens (tertiary/aromatic N) is 1. The fraction of sp³-hybridized carbons (Fsp3) is 0.211. The number of aliphatic hydroxyl groups is 1. The van der Waals surface area contributed by atoms with E-state index in [1.807, 2.05) is 0 Å². The van der Waals surface area contributed by atoms with Gasteiger partial charge in [-0.05, 0) is 18.2 Å². The number of hydrogen-bond acceptors (Lipinski definition) is 4. The number of amides is 1. The third-order valence-electron chi connectivity index (χ3n) is 4.95. The summed E-state index contributed by atoms with van der Waals surface area (Å²) in [5.74, 6) is -5.62. The fourth-order valence-electron chi connectivity index (χ4n) is 3.36. The summed E-state index contributed by atoms with van der Waals surface area (Å²) in [6, 6.07) is 4.94. The molecule has 1 aromatic heterocycles. The van der Waals surface area contributed by atoms with Crippen molar-refractivity contribution in [3.05, 3.63) is 59.5 Å². The third-order valence-corrected chi connectivity index (χ3v) is 6.76. The number of fused-ring (bicyclic) bond motifs is 1. The van der Waals surface area contributed by atoms with Gasteiger partial charge in [0.05, 0.1) is 10.5 Å². The van der Waals surface area contributed by atoms with Gasteiger partial charge in [0.15, 0.2) is 17.5 Å². The number of carbonyl (C=O) groups is 1. The highest BCUT2D eigenvalue weighted by Crippen LogP contribution is 2.29. The number of aromatic nitrogens is 1. The van der Waals surface area contributed by atoms with E-state index >= 15 is 0 Å². The number of β-amino-alcohol motifs (C(OH)–C–C–N with tert-alkyl or cyclic N) is 1. The molecule has 0 spiro atoms. The average Bonchev–Trinajstić information content (AvgIpc) is 3.32. The van der Waals surface area contributed by atoms with E-state index in [-0.39, 0.29) is 21.7 Å². The fourth-order valence-corrected chi connectivity index (χ4v) is 4.88. The number of H-pyrrole nitrogens is 1. The van der Waals surface area contributed by atoms with Gasteiger partial charge in [-0.1, -0.05) is 0 Å². The summed E-state index contributed by atoms with van der Waals surface area (Å²) < 4.78 is 80.3. The Morgan fingerprint density at radius 3 is 2.42 bits per heavy atom. The summed E-state index contributed by atoms with van der Waals surface area (Å²) in [6.07, 6.45) is -1.75. The van der Waals surface area contributed by atoms with Gasteiger partial charge in [0, 0.05) is 48.0 Å². The molecule has 31 heavy (non-hydrogen) atoms. The van der Waals surface area contributed by atoms with Crippen molar-refractivity contribution in [2.75, 3.05) is 18.4 Å². The number of anilines is 1. The molecule has 3 N–H and O–H groups in total. The van der Waals surface area contributed by atoms with Crippen LogP contribution in [0.25, 0.3) is 10.9 Å². The first-order valence-electron chi connectivity index (χ1n) is 8.97. The number of alkyl halides is 1. The first-order valence-corrected chi connectivity index (χ1v) is 10.4. The van der Waals surface area contributed by atoms with Crippen molar-refractivity contribution in [1.29, 1.82) is 0 Å². The number of benzene rings is 2. The van der Waals surface area contributed by atoms with Gasteiger partial charge in [0.1, 0.15) is 12.3 Å². The van der Waals surface area contributed by atoms with Crippen molar-refractivity contribution < 1.29 is 35.9 Å². The van der Waals surface area contributed by atoms with Crippen molar-refractivity contribution in [1.82, 2.24) is 9.29 Å². The molecule has 3 aromatic rings. The highest BCUT2D eigenvalue weighted by molar-refractivity contribution is 7.89. The summed E-state index contributed by atoms with van der Waals surface area (Å²) in [7, 11) is -4.26. The van der Waals surface area contributed by atoms with Crippen LogP contribution >= 0.6 is 0 Å². The summed E-state index contributed by atoms with van der Waals surface area (Å²) in [6.45, 7) is -0.982. The molecule has 2 unspecified atom stereocenters. The number of aliphatic hydroxyl groups excluding tert-OH is 1. The average molecular weight is 457 g/mol. The van der Waals surface area contributed by atoms with Gasteiger partial charge in [-0.15, -0.1) is 0 Å². The smallest absolute Gasteiger partial charge is 0.256 e. The van der Waals surface area contributed by atoms with E-state index in [4.69, 9.17) is 0 Å². The lowest BCUT2D eigenvalue weighted by atomic mass is 10.1. The molecule has 0 saturated carbocycles. The first-order chi connectivity index (χ1) is 14.6. The standard InChI is InChI=1S/C19H15F4N3O4S/c20-13-3-9(4-14(21)18(13)23)25-19(28)12-5-10(6-16-11(12)1-2-24-16)31(29,30)26-7-15(22)17(27)8-26/h1-6,15,17,24,27H,7-8H2,(H,25,28). The van der Waals surface area contributed by atoms with E-state index < -0.39 is 58.7 Å². The van der Waals surface area contributed by atoms with E-state index in [2.05, 4.69) is 10.3 Å². The lowest BCUT2D eigenvalue weighted by molar-refractivity contribution is 0.102. The highest BCUT2D eigenvalue weighted by atomic mass is 32.2. The molecular formula is C19H15F4N3O4S. The molecule has 4 rings (SSSR count). The second kappa shape index (κ2) is 7.62. The Hall–Kier alpha value is -2.96. The Morgan fingerprint density at radius 2 is 1.81 bits per heavy atom. The van der Waals surface area contributed by atoms with Crippen molar-refractivity contribution in [3.63, 3.8) is 0 Å². The molecule has 1 amide bonds. The molecule has 12 heteroatoms. The Bertz CT molecular complexity index is 1260. The number of nitrogens with one attached hydrogen (secondary N) is 2. The maximum atomic E-state index is 13.6. The maximum Gasteiger partial charge on any atom is 0.256 e. The van der Waals surface area contributed by atoms with Crippen LogP contribution in [0.4, 0.5) is 23.2 Å². The topological polar surface area (TPSA) is 102 Å². The van der Waals surface area contributed by atoms with E-state index in [1.165, 1.54) is 18.3 Å². The van der Waals surface area contributed by atoms with Crippen LogP contribution in [-0.4, -0.2) is 54.1 Å². The molecule has 0 radical (unpaired) electrons. The van der Waals surface area contributed by atoms with Gasteiger partial charge in [0.25, 0.3) is 5.91 Å². The van der Waals surface area contributed by atoms with Crippen LogP contribution in [0.1, 0.15) is 10.4 Å². The molecule has 1 fully saturated rings. The predicted octanol–water partition coefficient (Wildman–Crippen LogP) is 2.54. The van der Waals surface area contributed by atoms with Crippen LogP contribution in [0, 0.1) is 17.5 Å². The predicted molar refractivity (Wildman–Crippen MR) is 102 cm³/mol. The Morgan fingerprint density at radius 1 is 1.13 bits per heavy atom. The second-order valence-corrected chi connectivity index (χ2v) is 8.96. The zero-order valence-corrected chi connectivity index (χ0v) is 16.4. The molecule has 0 bridgehead atoms. The molecule has 2 heterocycles. The van der Waals surface area contributed by atoms with Crippen LogP contribution in [-0.2, 0) is 10.0 Å². The number of hydrogen-bond donors (Lipinski definition) is 3. The number of halogens is 4. The molecule has 164 valence electrons. The molecule has 7 nitrogen and oxygen atoms in total. The molecule has 1 saturated heterocycles. The molecule has 2 atom stereocenters. The van der Waals surface area contributed by atoms with E-state index in [0.717, 1.165) is 10.4 Å². The Labute approximate surface area is 173 Å². The van der Waals surface area contributed by atoms with E-state index in [1.54, 1.807) is 0 Å². The molecular weight excluding hydrogens is 442 g/mol. The summed E-state index contributed by atoms with van der Waals surface area (Å²) in [4.78, 5) is 15.2. The maximum absolute atomic E-state index is 13.6. The van der Waals surface area contributed by atoms with Gasteiger partial charge in [0.2, 0.25) is 10.0 Å². The van der Waals surface area contributed by atoms with Crippen molar-refractivity contribution in [2.24, 2.45) is 0 Å². The highest BCUT2D eigenvalue weighted by Gasteiger charge is 2.39. The molecule has 0 aliphatic carbocycles.